The van der Waals surface area contributed by atoms with E-state index in [2.05, 4.69) is 0 Å². The zero-order valence-corrected chi connectivity index (χ0v) is 8.61. The van der Waals surface area contributed by atoms with E-state index >= 15 is 0 Å². The number of hydrogen-bond donors (Lipinski definition) is 0. The molecule has 86 valence electrons. The predicted molar refractivity (Wildman–Crippen MR) is 57.4 cm³/mol. The van der Waals surface area contributed by atoms with Crippen LogP contribution in [0.15, 0.2) is 42.5 Å². The molecule has 1 aliphatic rings. The average molecular weight is 227 g/mol. The van der Waals surface area contributed by atoms with Gasteiger partial charge >= 0.3 is 6.18 Å². The lowest BCUT2D eigenvalue weighted by molar-refractivity contribution is -0.148. The quantitative estimate of drug-likeness (QED) is 0.665. The molecule has 0 fully saturated rings. The van der Waals surface area contributed by atoms with Crippen molar-refractivity contribution >= 4 is 5.69 Å². The topological polar surface area (TPSA) is 3.24 Å². The van der Waals surface area contributed by atoms with Crippen LogP contribution < -0.4 is 4.90 Å². The number of hydrogen-bond acceptors (Lipinski definition) is 1. The van der Waals surface area contributed by atoms with Gasteiger partial charge in [0.05, 0.1) is 0 Å². The van der Waals surface area contributed by atoms with Gasteiger partial charge in [0.2, 0.25) is 0 Å². The van der Waals surface area contributed by atoms with Gasteiger partial charge in [-0.2, -0.15) is 13.2 Å². The van der Waals surface area contributed by atoms with E-state index in [0.29, 0.717) is 12.2 Å². The zero-order valence-electron chi connectivity index (χ0n) is 8.61. The second kappa shape index (κ2) is 4.20. The molecular weight excluding hydrogens is 215 g/mol. The van der Waals surface area contributed by atoms with E-state index in [-0.39, 0.29) is 6.42 Å². The standard InChI is InChI=1S/C12H12F3N/c13-12(14,15)11-8-4-5-9-16(11)10-6-2-1-3-7-10/h1-7,11H,8-9H2. The number of benzene rings is 1. The SMILES string of the molecule is FC(F)(F)C1CC=CCN1c1ccccc1. The summed E-state index contributed by atoms with van der Waals surface area (Å²) in [5, 5.41) is 0. The number of halogens is 3. The third kappa shape index (κ3) is 2.21. The van der Waals surface area contributed by atoms with E-state index < -0.39 is 12.2 Å². The highest BCUT2D eigenvalue weighted by Gasteiger charge is 2.43. The Morgan fingerprint density at radius 2 is 1.75 bits per heavy atom. The molecule has 1 atom stereocenters. The fourth-order valence-corrected chi connectivity index (χ4v) is 1.88. The van der Waals surface area contributed by atoms with E-state index in [4.69, 9.17) is 0 Å². The summed E-state index contributed by atoms with van der Waals surface area (Å²) in [6.45, 7) is 0.314. The van der Waals surface area contributed by atoms with Gasteiger partial charge < -0.3 is 4.90 Å². The van der Waals surface area contributed by atoms with Gasteiger partial charge in [0.15, 0.2) is 0 Å². The molecule has 0 N–H and O–H groups in total. The molecule has 1 aromatic carbocycles. The Morgan fingerprint density at radius 1 is 1.06 bits per heavy atom. The summed E-state index contributed by atoms with van der Waals surface area (Å²) in [7, 11) is 0. The van der Waals surface area contributed by atoms with E-state index in [9.17, 15) is 13.2 Å². The van der Waals surface area contributed by atoms with E-state index in [1.807, 2.05) is 0 Å². The maximum absolute atomic E-state index is 12.8. The lowest BCUT2D eigenvalue weighted by Gasteiger charge is -2.35. The molecule has 16 heavy (non-hydrogen) atoms. The van der Waals surface area contributed by atoms with Crippen LogP contribution in [-0.2, 0) is 0 Å². The van der Waals surface area contributed by atoms with Crippen LogP contribution in [0, 0.1) is 0 Å². The van der Waals surface area contributed by atoms with Crippen molar-refractivity contribution in [2.75, 3.05) is 11.4 Å². The average Bonchev–Trinajstić information content (AvgIpc) is 2.29. The first kappa shape index (κ1) is 11.0. The highest BCUT2D eigenvalue weighted by atomic mass is 19.4. The minimum absolute atomic E-state index is 0.0262. The largest absolute Gasteiger partial charge is 0.409 e. The van der Waals surface area contributed by atoms with Gasteiger partial charge in [-0.3, -0.25) is 0 Å². The smallest absolute Gasteiger partial charge is 0.356 e. The highest BCUT2D eigenvalue weighted by Crippen LogP contribution is 2.32. The minimum Gasteiger partial charge on any atom is -0.356 e. The Morgan fingerprint density at radius 3 is 2.38 bits per heavy atom. The molecule has 1 heterocycles. The molecule has 1 unspecified atom stereocenters. The normalized spacial score (nSPS) is 21.2. The minimum atomic E-state index is -4.18. The molecule has 0 amide bonds. The molecule has 0 aromatic heterocycles. The van der Waals surface area contributed by atoms with Crippen molar-refractivity contribution in [3.63, 3.8) is 0 Å². The molecule has 0 spiro atoms. The molecule has 4 heteroatoms. The summed E-state index contributed by atoms with van der Waals surface area (Å²) >= 11 is 0. The Hall–Kier alpha value is -1.45. The highest BCUT2D eigenvalue weighted by molar-refractivity contribution is 5.49. The summed E-state index contributed by atoms with van der Waals surface area (Å²) in [5.74, 6) is 0. The van der Waals surface area contributed by atoms with Crippen LogP contribution in [0.25, 0.3) is 0 Å². The van der Waals surface area contributed by atoms with Gasteiger partial charge in [0, 0.05) is 12.2 Å². The van der Waals surface area contributed by atoms with Crippen molar-refractivity contribution < 1.29 is 13.2 Å². The van der Waals surface area contributed by atoms with Gasteiger partial charge in [-0.25, -0.2) is 0 Å². The lowest BCUT2D eigenvalue weighted by atomic mass is 10.1. The van der Waals surface area contributed by atoms with Gasteiger partial charge in [-0.1, -0.05) is 30.4 Å². The molecular formula is C12H12F3N. The molecule has 0 saturated carbocycles. The van der Waals surface area contributed by atoms with Crippen molar-refractivity contribution in [2.45, 2.75) is 18.6 Å². The maximum atomic E-state index is 12.8. The fraction of sp³-hybridized carbons (Fsp3) is 0.333. The third-order valence-electron chi connectivity index (χ3n) is 2.67. The van der Waals surface area contributed by atoms with Crippen LogP contribution in [-0.4, -0.2) is 18.8 Å². The number of anilines is 1. The van der Waals surface area contributed by atoms with Gasteiger partial charge in [-0.15, -0.1) is 0 Å². The molecule has 0 bridgehead atoms. The fourth-order valence-electron chi connectivity index (χ4n) is 1.88. The monoisotopic (exact) mass is 227 g/mol. The van der Waals surface area contributed by atoms with Crippen molar-refractivity contribution in [1.82, 2.24) is 0 Å². The van der Waals surface area contributed by atoms with Crippen LogP contribution in [0.1, 0.15) is 6.42 Å². The van der Waals surface area contributed by atoms with E-state index in [1.54, 1.807) is 42.5 Å². The summed E-state index contributed by atoms with van der Waals surface area (Å²) in [4.78, 5) is 1.39. The third-order valence-corrected chi connectivity index (χ3v) is 2.67. The zero-order chi connectivity index (χ0) is 11.6. The number of para-hydroxylation sites is 1. The van der Waals surface area contributed by atoms with Crippen molar-refractivity contribution in [1.29, 1.82) is 0 Å². The van der Waals surface area contributed by atoms with Crippen LogP contribution >= 0.6 is 0 Å². The van der Waals surface area contributed by atoms with Crippen molar-refractivity contribution in [3.05, 3.63) is 42.5 Å². The molecule has 0 radical (unpaired) electrons. The van der Waals surface area contributed by atoms with Gasteiger partial charge in [-0.05, 0) is 18.6 Å². The van der Waals surface area contributed by atoms with E-state index in [1.165, 1.54) is 4.90 Å². The predicted octanol–water partition coefficient (Wildman–Crippen LogP) is 3.38. The maximum Gasteiger partial charge on any atom is 0.409 e. The summed E-state index contributed by atoms with van der Waals surface area (Å²) in [6.07, 6.45) is -0.786. The Labute approximate surface area is 92.2 Å². The second-order valence-electron chi connectivity index (χ2n) is 3.75. The van der Waals surface area contributed by atoms with E-state index in [0.717, 1.165) is 0 Å². The molecule has 0 aliphatic carbocycles. The number of rotatable bonds is 1. The second-order valence-corrected chi connectivity index (χ2v) is 3.75. The van der Waals surface area contributed by atoms with Crippen LogP contribution in [0.4, 0.5) is 18.9 Å². The Balaban J connectivity index is 2.28. The van der Waals surface area contributed by atoms with Crippen LogP contribution in [0.3, 0.4) is 0 Å². The van der Waals surface area contributed by atoms with Crippen molar-refractivity contribution in [2.24, 2.45) is 0 Å². The molecule has 1 nitrogen and oxygen atoms in total. The Bertz CT molecular complexity index is 370. The first-order valence-electron chi connectivity index (χ1n) is 5.12. The lowest BCUT2D eigenvalue weighted by Crippen LogP contribution is -2.47. The molecule has 1 aliphatic heterocycles. The molecule has 2 rings (SSSR count). The first-order valence-corrected chi connectivity index (χ1v) is 5.12. The number of alkyl halides is 3. The summed E-state index contributed by atoms with van der Waals surface area (Å²) < 4.78 is 38.4. The van der Waals surface area contributed by atoms with Gasteiger partial charge in [0.1, 0.15) is 6.04 Å². The van der Waals surface area contributed by atoms with Crippen LogP contribution in [0.5, 0.6) is 0 Å². The Kier molecular flexibility index (Phi) is 2.90. The molecule has 1 aromatic rings. The molecule has 0 saturated heterocycles. The summed E-state index contributed by atoms with van der Waals surface area (Å²) in [6, 6.07) is 7.31. The van der Waals surface area contributed by atoms with Crippen molar-refractivity contribution in [3.8, 4) is 0 Å². The van der Waals surface area contributed by atoms with Crippen LogP contribution in [0.2, 0.25) is 0 Å². The summed E-state index contributed by atoms with van der Waals surface area (Å²) in [5.41, 5.74) is 0.620. The number of nitrogens with zero attached hydrogens (tertiary/aromatic N) is 1. The first-order chi connectivity index (χ1) is 7.59. The van der Waals surface area contributed by atoms with Gasteiger partial charge in [0.25, 0.3) is 0 Å².